The van der Waals surface area contributed by atoms with E-state index in [1.54, 1.807) is 53.7 Å². The largest absolute Gasteiger partial charge is 0.507 e. The van der Waals surface area contributed by atoms with Crippen molar-refractivity contribution >= 4 is 34.6 Å². The van der Waals surface area contributed by atoms with Crippen LogP contribution in [0, 0.1) is 0 Å². The van der Waals surface area contributed by atoms with Crippen molar-refractivity contribution in [1.82, 2.24) is 9.88 Å². The molecule has 1 saturated heterocycles. The van der Waals surface area contributed by atoms with E-state index in [-0.39, 0.29) is 11.7 Å². The van der Waals surface area contributed by atoms with Gasteiger partial charge in [0.1, 0.15) is 5.75 Å². The summed E-state index contributed by atoms with van der Waals surface area (Å²) in [5, 5.41) is 10.5. The number of aromatic hydroxyl groups is 1. The highest BCUT2D eigenvalue weighted by Gasteiger charge is 2.32. The number of rotatable bonds is 4. The first-order chi connectivity index (χ1) is 11.7. The van der Waals surface area contributed by atoms with Gasteiger partial charge in [0.15, 0.2) is 5.17 Å². The highest BCUT2D eigenvalue weighted by Crippen LogP contribution is 2.35. The van der Waals surface area contributed by atoms with E-state index in [0.29, 0.717) is 27.9 Å². The van der Waals surface area contributed by atoms with Crippen molar-refractivity contribution in [2.45, 2.75) is 0 Å². The topological polar surface area (TPSA) is 65.8 Å². The maximum Gasteiger partial charge on any atom is 0.267 e. The molecule has 3 rings (SSSR count). The first kappa shape index (κ1) is 16.0. The maximum atomic E-state index is 12.6. The Kier molecular flexibility index (Phi) is 4.77. The minimum absolute atomic E-state index is 0.131. The summed E-state index contributed by atoms with van der Waals surface area (Å²) >= 11 is 1.27. The Balaban J connectivity index is 1.97. The van der Waals surface area contributed by atoms with Gasteiger partial charge >= 0.3 is 0 Å². The van der Waals surface area contributed by atoms with Crippen molar-refractivity contribution in [2.24, 2.45) is 4.99 Å². The first-order valence-electron chi connectivity index (χ1n) is 7.28. The minimum atomic E-state index is -0.161. The fraction of sp³-hybridized carbons (Fsp3) is 0.0556. The normalized spacial score (nSPS) is 17.7. The van der Waals surface area contributed by atoms with Gasteiger partial charge < -0.3 is 5.11 Å². The average molecular weight is 337 g/mol. The molecular weight excluding hydrogens is 322 g/mol. The molecule has 0 aliphatic carbocycles. The van der Waals surface area contributed by atoms with Gasteiger partial charge in [-0.25, -0.2) is 4.99 Å². The number of pyridine rings is 1. The number of phenols is 1. The van der Waals surface area contributed by atoms with E-state index in [1.165, 1.54) is 11.8 Å². The fourth-order valence-electron chi connectivity index (χ4n) is 2.16. The van der Waals surface area contributed by atoms with Gasteiger partial charge in [-0.15, -0.1) is 6.58 Å². The molecular formula is C18H15N3O2S. The standard InChI is InChI=1S/C18H15N3O2S/c1-2-10-21-17(23)16(11-13-6-3-4-8-15(13)22)24-18(21)20-14-7-5-9-19-12-14/h2-9,11-12,22H,1,10H2/b16-11-,20-18?. The Hall–Kier alpha value is -2.86. The Labute approximate surface area is 144 Å². The molecule has 1 aliphatic rings. The molecule has 1 aromatic carbocycles. The third-order valence-electron chi connectivity index (χ3n) is 3.29. The molecule has 0 saturated carbocycles. The number of para-hydroxylation sites is 1. The minimum Gasteiger partial charge on any atom is -0.507 e. The molecule has 2 aromatic rings. The first-order valence-corrected chi connectivity index (χ1v) is 8.09. The summed E-state index contributed by atoms with van der Waals surface area (Å²) < 4.78 is 0. The number of benzene rings is 1. The number of carbonyl (C=O) groups excluding carboxylic acids is 1. The van der Waals surface area contributed by atoms with Gasteiger partial charge in [0.2, 0.25) is 0 Å². The zero-order valence-electron chi connectivity index (χ0n) is 12.8. The van der Waals surface area contributed by atoms with Crippen LogP contribution in [-0.4, -0.2) is 32.6 Å². The lowest BCUT2D eigenvalue weighted by molar-refractivity contribution is -0.121. The Morgan fingerprint density at radius 2 is 2.12 bits per heavy atom. The molecule has 1 amide bonds. The van der Waals surface area contributed by atoms with Gasteiger partial charge in [-0.3, -0.25) is 14.7 Å². The molecule has 120 valence electrons. The summed E-state index contributed by atoms with van der Waals surface area (Å²) in [4.78, 5) is 23.2. The van der Waals surface area contributed by atoms with E-state index < -0.39 is 0 Å². The molecule has 1 aliphatic heterocycles. The number of phenolic OH excluding ortho intramolecular Hbond substituents is 1. The van der Waals surface area contributed by atoms with Crippen molar-refractivity contribution in [2.75, 3.05) is 6.54 Å². The smallest absolute Gasteiger partial charge is 0.267 e. The van der Waals surface area contributed by atoms with E-state index in [4.69, 9.17) is 0 Å². The van der Waals surface area contributed by atoms with E-state index >= 15 is 0 Å². The van der Waals surface area contributed by atoms with Gasteiger partial charge in [-0.05, 0) is 36.0 Å². The van der Waals surface area contributed by atoms with E-state index in [1.807, 2.05) is 12.1 Å². The zero-order chi connectivity index (χ0) is 16.9. The van der Waals surface area contributed by atoms with Crippen molar-refractivity contribution in [3.8, 4) is 5.75 Å². The monoisotopic (exact) mass is 337 g/mol. The van der Waals surface area contributed by atoms with Crippen LogP contribution in [0.15, 0.2) is 71.3 Å². The average Bonchev–Trinajstić information content (AvgIpc) is 2.87. The van der Waals surface area contributed by atoms with Crippen LogP contribution in [0.2, 0.25) is 0 Å². The van der Waals surface area contributed by atoms with E-state index in [0.717, 1.165) is 0 Å². The second kappa shape index (κ2) is 7.14. The molecule has 0 unspecified atom stereocenters. The lowest BCUT2D eigenvalue weighted by atomic mass is 10.2. The number of aliphatic imine (C=N–C) groups is 1. The van der Waals surface area contributed by atoms with Gasteiger partial charge in [0.05, 0.1) is 16.8 Å². The number of hydrogen-bond acceptors (Lipinski definition) is 5. The SMILES string of the molecule is C=CCN1C(=O)/C(=C/c2ccccc2O)SC1=Nc1cccnc1. The van der Waals surface area contributed by atoms with Crippen LogP contribution < -0.4 is 0 Å². The number of nitrogens with zero attached hydrogens (tertiary/aromatic N) is 3. The number of hydrogen-bond donors (Lipinski definition) is 1. The van der Waals surface area contributed by atoms with Crippen LogP contribution in [0.4, 0.5) is 5.69 Å². The highest BCUT2D eigenvalue weighted by molar-refractivity contribution is 8.18. The second-order valence-corrected chi connectivity index (χ2v) is 5.99. The molecule has 1 N–H and O–H groups in total. The Morgan fingerprint density at radius 1 is 1.29 bits per heavy atom. The lowest BCUT2D eigenvalue weighted by Crippen LogP contribution is -2.29. The van der Waals surface area contributed by atoms with Crippen molar-refractivity contribution in [3.05, 3.63) is 71.9 Å². The summed E-state index contributed by atoms with van der Waals surface area (Å²) in [7, 11) is 0. The summed E-state index contributed by atoms with van der Waals surface area (Å²) in [6.45, 7) is 4.06. The molecule has 2 heterocycles. The molecule has 0 spiro atoms. The predicted molar refractivity (Wildman–Crippen MR) is 96.9 cm³/mol. The van der Waals surface area contributed by atoms with E-state index in [9.17, 15) is 9.90 Å². The van der Waals surface area contributed by atoms with E-state index in [2.05, 4.69) is 16.6 Å². The van der Waals surface area contributed by atoms with Gasteiger partial charge in [-0.2, -0.15) is 0 Å². The molecule has 1 fully saturated rings. The summed E-state index contributed by atoms with van der Waals surface area (Å²) in [5.74, 6) is -0.0305. The van der Waals surface area contributed by atoms with Crippen LogP contribution in [-0.2, 0) is 4.79 Å². The maximum absolute atomic E-state index is 12.6. The van der Waals surface area contributed by atoms with Crippen LogP contribution in [0.1, 0.15) is 5.56 Å². The second-order valence-electron chi connectivity index (χ2n) is 4.98. The molecule has 0 bridgehead atoms. The van der Waals surface area contributed by atoms with Gasteiger partial charge in [0, 0.05) is 18.3 Å². The number of carbonyl (C=O) groups is 1. The van der Waals surface area contributed by atoms with Crippen molar-refractivity contribution in [1.29, 1.82) is 0 Å². The molecule has 5 nitrogen and oxygen atoms in total. The molecule has 6 heteroatoms. The summed E-state index contributed by atoms with van der Waals surface area (Å²) in [6.07, 6.45) is 6.63. The fourth-order valence-corrected chi connectivity index (χ4v) is 3.16. The van der Waals surface area contributed by atoms with Crippen LogP contribution in [0.25, 0.3) is 6.08 Å². The number of aromatic nitrogens is 1. The molecule has 24 heavy (non-hydrogen) atoms. The zero-order valence-corrected chi connectivity index (χ0v) is 13.6. The van der Waals surface area contributed by atoms with Crippen LogP contribution in [0.3, 0.4) is 0 Å². The van der Waals surface area contributed by atoms with Crippen LogP contribution in [0.5, 0.6) is 5.75 Å². The molecule has 0 radical (unpaired) electrons. The van der Waals surface area contributed by atoms with Crippen molar-refractivity contribution < 1.29 is 9.90 Å². The number of amidine groups is 1. The summed E-state index contributed by atoms with van der Waals surface area (Å²) in [6, 6.07) is 10.5. The molecule has 1 aromatic heterocycles. The van der Waals surface area contributed by atoms with Crippen LogP contribution >= 0.6 is 11.8 Å². The van der Waals surface area contributed by atoms with Gasteiger partial charge in [0.25, 0.3) is 5.91 Å². The van der Waals surface area contributed by atoms with Gasteiger partial charge in [-0.1, -0.05) is 24.3 Å². The Morgan fingerprint density at radius 3 is 2.83 bits per heavy atom. The Bertz CT molecular complexity index is 831. The van der Waals surface area contributed by atoms with Crippen molar-refractivity contribution in [3.63, 3.8) is 0 Å². The predicted octanol–water partition coefficient (Wildman–Crippen LogP) is 3.58. The quantitative estimate of drug-likeness (QED) is 0.684. The summed E-state index contributed by atoms with van der Waals surface area (Å²) in [5.41, 5.74) is 1.26. The number of amides is 1. The highest BCUT2D eigenvalue weighted by atomic mass is 32.2. The lowest BCUT2D eigenvalue weighted by Gasteiger charge is -2.12. The number of thioether (sulfide) groups is 1. The molecule has 0 atom stereocenters. The third-order valence-corrected chi connectivity index (χ3v) is 4.30. The third kappa shape index (κ3) is 3.38.